The first kappa shape index (κ1) is 19.5. The molecule has 0 radical (unpaired) electrons. The van der Waals surface area contributed by atoms with Crippen LogP contribution in [0.25, 0.3) is 17.3 Å². The molecule has 3 aromatic rings. The number of anilines is 1. The maximum absolute atomic E-state index is 13.2. The Morgan fingerprint density at radius 1 is 1.21 bits per heavy atom. The largest absolute Gasteiger partial charge is 0.426 e. The summed E-state index contributed by atoms with van der Waals surface area (Å²) >= 11 is 0. The molecule has 1 unspecified atom stereocenters. The zero-order valence-electron chi connectivity index (χ0n) is 14.8. The molecular formula is C19H17FN3O4P. The van der Waals surface area contributed by atoms with Gasteiger partial charge >= 0.3 is 8.25 Å². The van der Waals surface area contributed by atoms with Gasteiger partial charge in [0.25, 0.3) is 0 Å². The quantitative estimate of drug-likeness (QED) is 0.486. The lowest BCUT2D eigenvalue weighted by Crippen LogP contribution is -2.07. The lowest BCUT2D eigenvalue weighted by atomic mass is 10.1. The Hall–Kier alpha value is -3.22. The number of carbonyl (C=O) groups is 1. The molecule has 1 aromatic heterocycles. The number of nitrogens with zero attached hydrogens (tertiary/aromatic N) is 2. The average molecular weight is 401 g/mol. The molecule has 0 bridgehead atoms. The molecule has 2 aromatic carbocycles. The molecule has 28 heavy (non-hydrogen) atoms. The number of hydrogen-bond donors (Lipinski definition) is 2. The van der Waals surface area contributed by atoms with E-state index < -0.39 is 8.25 Å². The maximum atomic E-state index is 13.2. The second-order valence-corrected chi connectivity index (χ2v) is 6.53. The maximum Gasteiger partial charge on any atom is 0.365 e. The molecule has 0 saturated heterocycles. The van der Waals surface area contributed by atoms with Crippen LogP contribution in [0.1, 0.15) is 5.56 Å². The number of halogens is 1. The van der Waals surface area contributed by atoms with Crippen molar-refractivity contribution in [3.63, 3.8) is 0 Å². The summed E-state index contributed by atoms with van der Waals surface area (Å²) in [6, 6.07) is 12.1. The van der Waals surface area contributed by atoms with Crippen LogP contribution in [0.15, 0.2) is 60.8 Å². The van der Waals surface area contributed by atoms with Crippen LogP contribution in [0.2, 0.25) is 0 Å². The Balaban J connectivity index is 1.71. The second kappa shape index (κ2) is 8.65. The highest BCUT2D eigenvalue weighted by molar-refractivity contribution is 7.32. The molecule has 9 heteroatoms. The average Bonchev–Trinajstić information content (AvgIpc) is 3.02. The molecule has 3 rings (SSSR count). The summed E-state index contributed by atoms with van der Waals surface area (Å²) < 4.78 is 30.1. The molecule has 0 spiro atoms. The van der Waals surface area contributed by atoms with Crippen molar-refractivity contribution in [3.8, 4) is 17.0 Å². The number of amides is 1. The van der Waals surface area contributed by atoms with Crippen molar-refractivity contribution < 1.29 is 23.2 Å². The van der Waals surface area contributed by atoms with Crippen molar-refractivity contribution in [2.45, 2.75) is 0 Å². The third-order valence-corrected chi connectivity index (χ3v) is 4.24. The Labute approximate surface area is 161 Å². The number of aryl methyl sites for hydroxylation is 1. The molecular weight excluding hydrogens is 384 g/mol. The van der Waals surface area contributed by atoms with Crippen molar-refractivity contribution in [2.75, 3.05) is 5.32 Å². The number of benzene rings is 2. The van der Waals surface area contributed by atoms with Crippen LogP contribution in [0.5, 0.6) is 5.75 Å². The molecule has 0 saturated carbocycles. The first-order valence-electron chi connectivity index (χ1n) is 8.20. The third kappa shape index (κ3) is 4.94. The van der Waals surface area contributed by atoms with Gasteiger partial charge in [-0.15, -0.1) is 0 Å². The number of rotatable bonds is 6. The standard InChI is InChI=1S/C19H17FN3O4P/c1-23-19(13-2-5-15(20)6-3-13)14(12-21-23)4-11-18(24)22-16-7-9-17(10-8-16)27-28(25)26/h2-12,28H,1H3,(H,22,24)(H,25,26). The Morgan fingerprint density at radius 2 is 1.89 bits per heavy atom. The van der Waals surface area contributed by atoms with Crippen LogP contribution in [-0.4, -0.2) is 20.6 Å². The van der Waals surface area contributed by atoms with E-state index in [1.807, 2.05) is 0 Å². The van der Waals surface area contributed by atoms with Gasteiger partial charge in [0.05, 0.1) is 11.9 Å². The third-order valence-electron chi connectivity index (χ3n) is 3.83. The minimum absolute atomic E-state index is 0.235. The van der Waals surface area contributed by atoms with Gasteiger partial charge in [0.1, 0.15) is 11.6 Å². The Kier molecular flexibility index (Phi) is 6.03. The number of nitrogens with one attached hydrogen (secondary N) is 1. The Bertz CT molecular complexity index is 1030. The van der Waals surface area contributed by atoms with E-state index in [1.54, 1.807) is 48.3 Å². The number of hydrogen-bond acceptors (Lipinski definition) is 4. The minimum Gasteiger partial charge on any atom is -0.426 e. The normalized spacial score (nSPS) is 12.1. The Morgan fingerprint density at radius 3 is 2.54 bits per heavy atom. The van der Waals surface area contributed by atoms with Crippen LogP contribution in [0.3, 0.4) is 0 Å². The minimum atomic E-state index is -3.07. The summed E-state index contributed by atoms with van der Waals surface area (Å²) in [5.41, 5.74) is 2.75. The highest BCUT2D eigenvalue weighted by atomic mass is 31.1. The molecule has 1 amide bonds. The molecule has 0 fully saturated rings. The van der Waals surface area contributed by atoms with E-state index in [2.05, 4.69) is 14.9 Å². The van der Waals surface area contributed by atoms with Crippen LogP contribution >= 0.6 is 8.25 Å². The van der Waals surface area contributed by atoms with Crippen molar-refractivity contribution in [2.24, 2.45) is 7.05 Å². The highest BCUT2D eigenvalue weighted by Crippen LogP contribution is 2.25. The van der Waals surface area contributed by atoms with Crippen LogP contribution < -0.4 is 9.84 Å². The summed E-state index contributed by atoms with van der Waals surface area (Å²) in [4.78, 5) is 20.9. The number of aromatic nitrogens is 2. The van der Waals surface area contributed by atoms with Gasteiger partial charge < -0.3 is 14.7 Å². The van der Waals surface area contributed by atoms with Gasteiger partial charge in [-0.1, -0.05) is 0 Å². The fourth-order valence-electron chi connectivity index (χ4n) is 2.59. The van der Waals surface area contributed by atoms with E-state index in [0.29, 0.717) is 11.3 Å². The van der Waals surface area contributed by atoms with Gasteiger partial charge in [-0.25, -0.2) is 8.96 Å². The van der Waals surface area contributed by atoms with Gasteiger partial charge in [-0.2, -0.15) is 5.10 Å². The summed E-state index contributed by atoms with van der Waals surface area (Å²) in [5, 5.41) is 6.87. The van der Waals surface area contributed by atoms with E-state index in [1.165, 1.54) is 30.3 Å². The van der Waals surface area contributed by atoms with E-state index in [4.69, 9.17) is 4.89 Å². The van der Waals surface area contributed by atoms with Gasteiger partial charge in [0.15, 0.2) is 0 Å². The summed E-state index contributed by atoms with van der Waals surface area (Å²) in [7, 11) is -1.30. The van der Waals surface area contributed by atoms with Gasteiger partial charge in [-0.05, 0) is 54.6 Å². The summed E-state index contributed by atoms with van der Waals surface area (Å²) in [5.74, 6) is -0.456. The second-order valence-electron chi connectivity index (χ2n) is 5.79. The first-order chi connectivity index (χ1) is 13.4. The monoisotopic (exact) mass is 401 g/mol. The van der Waals surface area contributed by atoms with Crippen LogP contribution in [0, 0.1) is 5.82 Å². The van der Waals surface area contributed by atoms with Gasteiger partial charge in [0, 0.05) is 29.9 Å². The first-order valence-corrected chi connectivity index (χ1v) is 9.46. The van der Waals surface area contributed by atoms with Crippen molar-refractivity contribution in [3.05, 3.63) is 72.2 Å². The van der Waals surface area contributed by atoms with Crippen molar-refractivity contribution in [1.29, 1.82) is 0 Å². The molecule has 0 aliphatic carbocycles. The van der Waals surface area contributed by atoms with Gasteiger partial charge in [0.2, 0.25) is 5.91 Å². The highest BCUT2D eigenvalue weighted by Gasteiger charge is 2.09. The zero-order valence-corrected chi connectivity index (χ0v) is 15.8. The predicted octanol–water partition coefficient (Wildman–Crippen LogP) is 3.64. The predicted molar refractivity (Wildman–Crippen MR) is 105 cm³/mol. The molecule has 0 aliphatic heterocycles. The van der Waals surface area contributed by atoms with E-state index >= 15 is 0 Å². The topological polar surface area (TPSA) is 93.5 Å². The van der Waals surface area contributed by atoms with Crippen LogP contribution in [0.4, 0.5) is 10.1 Å². The van der Waals surface area contributed by atoms with Gasteiger partial charge in [-0.3, -0.25) is 9.48 Å². The SMILES string of the molecule is Cn1ncc(C=CC(=O)Nc2ccc(O[PH](=O)O)cc2)c1-c1ccc(F)cc1. The molecule has 1 heterocycles. The summed E-state index contributed by atoms with van der Waals surface area (Å²) in [6.45, 7) is 0. The molecule has 144 valence electrons. The fraction of sp³-hybridized carbons (Fsp3) is 0.0526. The fourth-order valence-corrected chi connectivity index (χ4v) is 2.93. The van der Waals surface area contributed by atoms with E-state index in [0.717, 1.165) is 11.3 Å². The molecule has 1 atom stereocenters. The number of carbonyl (C=O) groups excluding carboxylic acids is 1. The van der Waals surface area contributed by atoms with Crippen molar-refractivity contribution >= 4 is 25.9 Å². The molecule has 0 aliphatic rings. The van der Waals surface area contributed by atoms with Crippen LogP contribution in [-0.2, 0) is 16.4 Å². The molecule has 2 N–H and O–H groups in total. The zero-order chi connectivity index (χ0) is 20.1. The lowest BCUT2D eigenvalue weighted by molar-refractivity contribution is -0.111. The van der Waals surface area contributed by atoms with E-state index in [9.17, 15) is 13.8 Å². The van der Waals surface area contributed by atoms with Crippen molar-refractivity contribution in [1.82, 2.24) is 9.78 Å². The lowest BCUT2D eigenvalue weighted by Gasteiger charge is -2.05. The summed E-state index contributed by atoms with van der Waals surface area (Å²) in [6.07, 6.45) is 4.60. The van der Waals surface area contributed by atoms with E-state index in [-0.39, 0.29) is 17.5 Å². The molecule has 7 nitrogen and oxygen atoms in total. The smallest absolute Gasteiger partial charge is 0.365 e.